The van der Waals surface area contributed by atoms with Gasteiger partial charge < -0.3 is 29.0 Å². The number of methoxy groups -OCH3 is 1. The van der Waals surface area contributed by atoms with E-state index < -0.39 is 11.5 Å². The molecule has 0 bridgehead atoms. The van der Waals surface area contributed by atoms with Gasteiger partial charge in [0.15, 0.2) is 11.8 Å². The Morgan fingerprint density at radius 3 is 2.54 bits per heavy atom. The van der Waals surface area contributed by atoms with Crippen molar-refractivity contribution in [3.05, 3.63) is 64.6 Å². The number of nitrogens with zero attached hydrogens (tertiary/aromatic N) is 3. The summed E-state index contributed by atoms with van der Waals surface area (Å²) in [5, 5.41) is 0. The van der Waals surface area contributed by atoms with E-state index in [2.05, 4.69) is 9.97 Å². The van der Waals surface area contributed by atoms with Gasteiger partial charge in [-0.2, -0.15) is 0 Å². The molecule has 2 aliphatic heterocycles. The molecule has 1 aromatic heterocycles. The van der Waals surface area contributed by atoms with Crippen molar-refractivity contribution in [1.82, 2.24) is 19.8 Å². The molecule has 3 aromatic rings. The number of aromatic amines is 1. The topological polar surface area (TPSA) is 114 Å². The fourth-order valence-electron chi connectivity index (χ4n) is 4.49. The average molecular weight is 479 g/mol. The summed E-state index contributed by atoms with van der Waals surface area (Å²) in [6, 6.07) is 14.3. The van der Waals surface area contributed by atoms with Crippen LogP contribution in [-0.2, 0) is 4.74 Å². The second-order valence-electron chi connectivity index (χ2n) is 8.60. The first kappa shape index (κ1) is 22.7. The SMILES string of the molecule is COc1ccc(OCC2CN(C3CCN(C(=O)c4nc5ccccc5[nH]c4=O)CC3)C(=O)O2)cc1. The molecule has 2 saturated heterocycles. The van der Waals surface area contributed by atoms with Crippen LogP contribution in [0.1, 0.15) is 23.3 Å². The van der Waals surface area contributed by atoms with Crippen molar-refractivity contribution in [3.63, 3.8) is 0 Å². The van der Waals surface area contributed by atoms with E-state index in [0.29, 0.717) is 49.3 Å². The fourth-order valence-corrected chi connectivity index (χ4v) is 4.49. The zero-order chi connectivity index (χ0) is 24.4. The minimum atomic E-state index is -0.501. The Hall–Kier alpha value is -4.08. The molecule has 0 aliphatic carbocycles. The van der Waals surface area contributed by atoms with E-state index in [1.807, 2.05) is 0 Å². The average Bonchev–Trinajstić information content (AvgIpc) is 3.27. The number of H-pyrrole nitrogens is 1. The molecular formula is C25H26N4O6. The van der Waals surface area contributed by atoms with Gasteiger partial charge >= 0.3 is 6.09 Å². The number of hydrogen-bond acceptors (Lipinski definition) is 7. The third-order valence-corrected chi connectivity index (χ3v) is 6.39. The summed E-state index contributed by atoms with van der Waals surface area (Å²) >= 11 is 0. The molecule has 10 nitrogen and oxygen atoms in total. The molecule has 2 amide bonds. The monoisotopic (exact) mass is 478 g/mol. The van der Waals surface area contributed by atoms with Gasteiger partial charge in [-0.3, -0.25) is 9.59 Å². The predicted octanol–water partition coefficient (Wildman–Crippen LogP) is 2.44. The van der Waals surface area contributed by atoms with Crippen LogP contribution in [0.3, 0.4) is 0 Å². The van der Waals surface area contributed by atoms with Gasteiger partial charge in [0.25, 0.3) is 11.5 Å². The Bertz CT molecular complexity index is 1280. The molecule has 0 spiro atoms. The van der Waals surface area contributed by atoms with Crippen LogP contribution < -0.4 is 15.0 Å². The van der Waals surface area contributed by atoms with Gasteiger partial charge in [0.2, 0.25) is 0 Å². The Morgan fingerprint density at radius 2 is 1.80 bits per heavy atom. The number of rotatable bonds is 6. The molecule has 2 aliphatic rings. The Balaban J connectivity index is 1.16. The maximum Gasteiger partial charge on any atom is 0.410 e. The van der Waals surface area contributed by atoms with Gasteiger partial charge in [0.1, 0.15) is 18.1 Å². The number of ether oxygens (including phenoxy) is 3. The van der Waals surface area contributed by atoms with Crippen LogP contribution in [0.5, 0.6) is 11.5 Å². The number of carbonyl (C=O) groups is 2. The number of para-hydroxylation sites is 2. The lowest BCUT2D eigenvalue weighted by Crippen LogP contribution is -2.48. The second kappa shape index (κ2) is 9.65. The van der Waals surface area contributed by atoms with E-state index in [4.69, 9.17) is 14.2 Å². The molecule has 1 N–H and O–H groups in total. The highest BCUT2D eigenvalue weighted by atomic mass is 16.6. The maximum atomic E-state index is 13.0. The number of carbonyl (C=O) groups excluding carboxylic acids is 2. The van der Waals surface area contributed by atoms with Crippen molar-refractivity contribution < 1.29 is 23.8 Å². The molecule has 182 valence electrons. The highest BCUT2D eigenvalue weighted by Crippen LogP contribution is 2.24. The van der Waals surface area contributed by atoms with E-state index in [9.17, 15) is 14.4 Å². The first-order chi connectivity index (χ1) is 17.0. The highest BCUT2D eigenvalue weighted by molar-refractivity contribution is 5.93. The first-order valence-corrected chi connectivity index (χ1v) is 11.5. The van der Waals surface area contributed by atoms with Gasteiger partial charge in [-0.05, 0) is 49.2 Å². The third kappa shape index (κ3) is 4.77. The summed E-state index contributed by atoms with van der Waals surface area (Å²) in [6.45, 7) is 1.53. The molecule has 3 heterocycles. The molecule has 2 aromatic carbocycles. The number of amides is 2. The first-order valence-electron chi connectivity index (χ1n) is 11.5. The molecule has 10 heteroatoms. The number of fused-ring (bicyclic) bond motifs is 1. The summed E-state index contributed by atoms with van der Waals surface area (Å²) in [6.07, 6.45) is 0.451. The normalized spacial score (nSPS) is 18.5. The number of likely N-dealkylation sites (tertiary alicyclic amines) is 1. The van der Waals surface area contributed by atoms with Gasteiger partial charge in [-0.1, -0.05) is 12.1 Å². The van der Waals surface area contributed by atoms with E-state index in [0.717, 1.165) is 5.75 Å². The lowest BCUT2D eigenvalue weighted by atomic mass is 10.0. The van der Waals surface area contributed by atoms with Crippen molar-refractivity contribution in [3.8, 4) is 11.5 Å². The van der Waals surface area contributed by atoms with Crippen LogP contribution in [-0.4, -0.2) is 77.3 Å². The number of benzene rings is 2. The maximum absolute atomic E-state index is 13.0. The van der Waals surface area contributed by atoms with Crippen molar-refractivity contribution >= 4 is 23.0 Å². The number of piperidine rings is 1. The Labute approximate surface area is 201 Å². The fraction of sp³-hybridized carbons (Fsp3) is 0.360. The minimum Gasteiger partial charge on any atom is -0.497 e. The summed E-state index contributed by atoms with van der Waals surface area (Å²) in [7, 11) is 1.60. The standard InChI is InChI=1S/C25H26N4O6/c1-33-17-6-8-18(9-7-17)34-15-19-14-29(25(32)35-19)16-10-12-28(13-11-16)24(31)22-23(30)27-21-5-3-2-4-20(21)26-22/h2-9,16,19H,10-15H2,1H3,(H,27,30). The van der Waals surface area contributed by atoms with E-state index in [1.165, 1.54) is 0 Å². The van der Waals surface area contributed by atoms with Crippen LogP contribution >= 0.6 is 0 Å². The van der Waals surface area contributed by atoms with E-state index in [1.54, 1.807) is 65.4 Å². The second-order valence-corrected chi connectivity index (χ2v) is 8.60. The molecule has 0 radical (unpaired) electrons. The minimum absolute atomic E-state index is 0.0413. The Morgan fingerprint density at radius 1 is 1.09 bits per heavy atom. The van der Waals surface area contributed by atoms with Crippen LogP contribution in [0, 0.1) is 0 Å². The van der Waals surface area contributed by atoms with Crippen LogP contribution in [0.4, 0.5) is 4.79 Å². The third-order valence-electron chi connectivity index (χ3n) is 6.39. The zero-order valence-electron chi connectivity index (χ0n) is 19.3. The smallest absolute Gasteiger partial charge is 0.410 e. The van der Waals surface area contributed by atoms with Crippen LogP contribution in [0.2, 0.25) is 0 Å². The summed E-state index contributed by atoms with van der Waals surface area (Å²) in [5.74, 6) is 1.01. The molecule has 5 rings (SSSR count). The van der Waals surface area contributed by atoms with Crippen molar-refractivity contribution in [2.45, 2.75) is 25.0 Å². The molecule has 1 unspecified atom stereocenters. The quantitative estimate of drug-likeness (QED) is 0.579. The highest BCUT2D eigenvalue weighted by Gasteiger charge is 2.38. The molecular weight excluding hydrogens is 452 g/mol. The molecule has 1 atom stereocenters. The largest absolute Gasteiger partial charge is 0.497 e. The van der Waals surface area contributed by atoms with E-state index >= 15 is 0 Å². The van der Waals surface area contributed by atoms with Gasteiger partial charge in [0, 0.05) is 19.1 Å². The van der Waals surface area contributed by atoms with E-state index in [-0.39, 0.29) is 30.5 Å². The van der Waals surface area contributed by atoms with Gasteiger partial charge in [-0.15, -0.1) is 0 Å². The zero-order valence-corrected chi connectivity index (χ0v) is 19.3. The van der Waals surface area contributed by atoms with Crippen molar-refractivity contribution in [2.75, 3.05) is 33.4 Å². The predicted molar refractivity (Wildman–Crippen MR) is 127 cm³/mol. The number of hydrogen-bond donors (Lipinski definition) is 1. The Kier molecular flexibility index (Phi) is 6.26. The number of cyclic esters (lactones) is 1. The van der Waals surface area contributed by atoms with Crippen LogP contribution in [0.15, 0.2) is 53.3 Å². The lowest BCUT2D eigenvalue weighted by molar-refractivity contribution is 0.0651. The molecule has 0 saturated carbocycles. The summed E-state index contributed by atoms with van der Waals surface area (Å²) in [4.78, 5) is 48.2. The summed E-state index contributed by atoms with van der Waals surface area (Å²) in [5.41, 5.74) is 0.538. The summed E-state index contributed by atoms with van der Waals surface area (Å²) < 4.78 is 16.4. The van der Waals surface area contributed by atoms with Gasteiger partial charge in [-0.25, -0.2) is 9.78 Å². The molecule has 35 heavy (non-hydrogen) atoms. The van der Waals surface area contributed by atoms with Crippen molar-refractivity contribution in [1.29, 1.82) is 0 Å². The lowest BCUT2D eigenvalue weighted by Gasteiger charge is -2.35. The van der Waals surface area contributed by atoms with Gasteiger partial charge in [0.05, 0.1) is 24.7 Å². The number of aromatic nitrogens is 2. The molecule has 2 fully saturated rings. The van der Waals surface area contributed by atoms with Crippen LogP contribution in [0.25, 0.3) is 11.0 Å². The number of nitrogens with one attached hydrogen (secondary N) is 1. The van der Waals surface area contributed by atoms with Crippen molar-refractivity contribution in [2.24, 2.45) is 0 Å².